The van der Waals surface area contributed by atoms with E-state index in [1.165, 1.54) is 89.0 Å². The Morgan fingerprint density at radius 2 is 0.815 bits per heavy atom. The fourth-order valence-electron chi connectivity index (χ4n) is 7.88. The van der Waals surface area contributed by atoms with Gasteiger partial charge in [0.1, 0.15) is 0 Å². The normalized spacial score (nSPS) is 15.3. The third-order valence-corrected chi connectivity index (χ3v) is 21.1. The maximum atomic E-state index is 17.0. The van der Waals surface area contributed by atoms with Crippen LogP contribution in [0.1, 0.15) is 41.6 Å². The predicted molar refractivity (Wildman–Crippen MR) is 262 cm³/mol. The number of aldehydes is 2. The molecule has 0 saturated heterocycles. The number of carbonyl (C=O) groups excluding carboxylic acids is 2. The number of benzene rings is 1. The Balaban J connectivity index is 1.17. The second-order valence-corrected chi connectivity index (χ2v) is 23.4. The number of ether oxygens (including phenoxy) is 1. The van der Waals surface area contributed by atoms with Crippen molar-refractivity contribution in [1.29, 1.82) is 0 Å². The molecule has 0 fully saturated rings. The molecule has 1 aliphatic carbocycles. The molecule has 10 rings (SSSR count). The minimum absolute atomic E-state index is 0.120. The summed E-state index contributed by atoms with van der Waals surface area (Å²) in [5, 5.41) is -0.183. The van der Waals surface area contributed by atoms with Crippen LogP contribution in [0.2, 0.25) is 0 Å². The highest BCUT2D eigenvalue weighted by molar-refractivity contribution is 7.31. The van der Waals surface area contributed by atoms with Crippen LogP contribution in [0, 0.1) is 13.8 Å². The molecular formula is C48H28F6O3S8. The summed E-state index contributed by atoms with van der Waals surface area (Å²) in [4.78, 5) is 33.1. The van der Waals surface area contributed by atoms with Crippen LogP contribution in [0.15, 0.2) is 103 Å². The summed E-state index contributed by atoms with van der Waals surface area (Å²) in [6.07, 6.45) is 1.59. The summed E-state index contributed by atoms with van der Waals surface area (Å²) < 4.78 is 105. The van der Waals surface area contributed by atoms with E-state index in [1.807, 2.05) is 54.6 Å². The van der Waals surface area contributed by atoms with Gasteiger partial charge in [-0.25, -0.2) is 0 Å². The molecule has 0 spiro atoms. The summed E-state index contributed by atoms with van der Waals surface area (Å²) in [5.41, 5.74) is -2.85. The molecular weight excluding hydrogens is 995 g/mol. The van der Waals surface area contributed by atoms with E-state index in [0.717, 1.165) is 74.3 Å². The van der Waals surface area contributed by atoms with Gasteiger partial charge in [0.15, 0.2) is 17.6 Å². The first-order valence-electron chi connectivity index (χ1n) is 19.4. The van der Waals surface area contributed by atoms with Gasteiger partial charge in [-0.1, -0.05) is 41.7 Å². The molecule has 328 valence electrons. The molecule has 3 nitrogen and oxygen atoms in total. The average Bonchev–Trinajstić information content (AvgIpc) is 4.15. The van der Waals surface area contributed by atoms with Crippen molar-refractivity contribution < 1.29 is 40.7 Å². The van der Waals surface area contributed by atoms with Crippen molar-refractivity contribution in [2.75, 3.05) is 7.11 Å². The first kappa shape index (κ1) is 44.1. The van der Waals surface area contributed by atoms with Gasteiger partial charge in [0, 0.05) is 80.8 Å². The number of alkyl halides is 6. The molecule has 0 aliphatic heterocycles. The molecule has 0 amide bonds. The van der Waals surface area contributed by atoms with E-state index in [1.54, 1.807) is 48.5 Å². The Morgan fingerprint density at radius 3 is 1.26 bits per heavy atom. The van der Waals surface area contributed by atoms with E-state index in [-0.39, 0.29) is 26.6 Å². The van der Waals surface area contributed by atoms with Crippen LogP contribution in [-0.4, -0.2) is 37.4 Å². The standard InChI is InChI=1S/C48H28F6O3S8/c1-23-38(40-41(47(51,52)48(53,54)46(40,49)50)39-24(2)42(65-45(39)57-3)25-7-5-4-6-8-25)44(37-20-18-35(63-37)33-16-14-31(61-33)29-12-10-27(22-56)59-29)64-43(23)36-19-17-34(62-36)32-15-13-30(60-32)28-11-9-26(21-55)58-28/h4-22H,1-3H3. The van der Waals surface area contributed by atoms with Crippen molar-refractivity contribution in [3.63, 3.8) is 0 Å². The number of carbonyl (C=O) groups is 2. The molecule has 0 radical (unpaired) electrons. The van der Waals surface area contributed by atoms with Gasteiger partial charge in [0.05, 0.1) is 21.7 Å². The number of thiophene rings is 8. The van der Waals surface area contributed by atoms with Crippen molar-refractivity contribution in [2.45, 2.75) is 31.6 Å². The highest BCUT2D eigenvalue weighted by atomic mass is 32.1. The van der Waals surface area contributed by atoms with Crippen LogP contribution < -0.4 is 4.74 Å². The zero-order valence-electron chi connectivity index (χ0n) is 33.7. The second-order valence-electron chi connectivity index (χ2n) is 14.8. The van der Waals surface area contributed by atoms with E-state index < -0.39 is 34.5 Å². The lowest BCUT2D eigenvalue weighted by Gasteiger charge is -2.26. The van der Waals surface area contributed by atoms with Gasteiger partial charge in [-0.2, -0.15) is 26.3 Å². The summed E-state index contributed by atoms with van der Waals surface area (Å²) in [6.45, 7) is 3.00. The smallest absolute Gasteiger partial charge is 0.380 e. The Hall–Kier alpha value is -4.72. The molecule has 8 aromatic heterocycles. The Labute approximate surface area is 399 Å². The van der Waals surface area contributed by atoms with Gasteiger partial charge in [-0.15, -0.1) is 79.4 Å². The highest BCUT2D eigenvalue weighted by Gasteiger charge is 2.81. The van der Waals surface area contributed by atoms with Gasteiger partial charge in [0.2, 0.25) is 0 Å². The molecule has 1 aromatic carbocycles. The fraction of sp³-hybridized carbons (Fsp3) is 0.125. The van der Waals surface area contributed by atoms with Crippen LogP contribution in [0.3, 0.4) is 0 Å². The Bertz CT molecular complexity index is 3330. The van der Waals surface area contributed by atoms with Crippen molar-refractivity contribution in [2.24, 2.45) is 0 Å². The van der Waals surface area contributed by atoms with Crippen molar-refractivity contribution >= 4 is 114 Å². The maximum absolute atomic E-state index is 17.0. The number of hydrogen-bond donors (Lipinski definition) is 0. The average molecular weight is 1020 g/mol. The van der Waals surface area contributed by atoms with Crippen LogP contribution in [0.25, 0.3) is 80.1 Å². The van der Waals surface area contributed by atoms with E-state index in [4.69, 9.17) is 4.74 Å². The third-order valence-electron chi connectivity index (χ3n) is 11.0. The first-order valence-corrected chi connectivity index (χ1v) is 26.0. The molecule has 0 unspecified atom stereocenters. The summed E-state index contributed by atoms with van der Waals surface area (Å²) in [5.74, 6) is -16.4. The Kier molecular flexibility index (Phi) is 11.2. The largest absolute Gasteiger partial charge is 0.487 e. The van der Waals surface area contributed by atoms with E-state index >= 15 is 26.3 Å². The molecule has 0 N–H and O–H groups in total. The molecule has 0 atom stereocenters. The van der Waals surface area contributed by atoms with Gasteiger partial charge in [-0.3, -0.25) is 9.59 Å². The van der Waals surface area contributed by atoms with Gasteiger partial charge in [-0.05, 0) is 103 Å². The lowest BCUT2D eigenvalue weighted by atomic mass is 9.90. The highest BCUT2D eigenvalue weighted by Crippen LogP contribution is 2.69. The zero-order chi connectivity index (χ0) is 45.6. The molecule has 8 heterocycles. The van der Waals surface area contributed by atoms with Crippen LogP contribution in [0.5, 0.6) is 5.06 Å². The number of halogens is 6. The van der Waals surface area contributed by atoms with E-state index in [9.17, 15) is 9.59 Å². The minimum Gasteiger partial charge on any atom is -0.487 e. The number of methoxy groups -OCH3 is 1. The quantitative estimate of drug-likeness (QED) is 0.0905. The van der Waals surface area contributed by atoms with Crippen LogP contribution >= 0.6 is 90.7 Å². The van der Waals surface area contributed by atoms with E-state index in [2.05, 4.69) is 0 Å². The van der Waals surface area contributed by atoms with Gasteiger partial charge >= 0.3 is 17.8 Å². The number of hydrogen-bond acceptors (Lipinski definition) is 11. The predicted octanol–water partition coefficient (Wildman–Crippen LogP) is 17.9. The second kappa shape index (κ2) is 16.6. The monoisotopic (exact) mass is 1020 g/mol. The van der Waals surface area contributed by atoms with Crippen molar-refractivity contribution in [1.82, 2.24) is 0 Å². The SMILES string of the molecule is COc1sc(-c2ccccc2)c(C)c1C1=C(c2c(-c3ccc(-c4ccc(-c5ccc(C=O)s5)s4)s3)sc(-c3ccc(-c4ccc(-c5ccc(C=O)s5)s4)s3)c2C)C(F)(F)C(F)(F)C1(F)F. The molecule has 17 heteroatoms. The summed E-state index contributed by atoms with van der Waals surface area (Å²) in [7, 11) is 1.21. The zero-order valence-corrected chi connectivity index (χ0v) is 40.3. The fourth-order valence-corrected chi connectivity index (χ4v) is 16.6. The number of rotatable bonds is 12. The lowest BCUT2D eigenvalue weighted by molar-refractivity contribution is -0.254. The topological polar surface area (TPSA) is 43.4 Å². The molecule has 9 aromatic rings. The third kappa shape index (κ3) is 7.12. The maximum Gasteiger partial charge on any atom is 0.380 e. The first-order chi connectivity index (χ1) is 31.2. The Morgan fingerprint density at radius 1 is 0.431 bits per heavy atom. The minimum atomic E-state index is -5.80. The van der Waals surface area contributed by atoms with Gasteiger partial charge < -0.3 is 4.74 Å². The van der Waals surface area contributed by atoms with E-state index in [0.29, 0.717) is 34.8 Å². The molecule has 1 aliphatic rings. The van der Waals surface area contributed by atoms with Crippen LogP contribution in [0.4, 0.5) is 26.3 Å². The van der Waals surface area contributed by atoms with Gasteiger partial charge in [0.25, 0.3) is 0 Å². The van der Waals surface area contributed by atoms with Crippen molar-refractivity contribution in [3.8, 4) is 74.0 Å². The summed E-state index contributed by atoms with van der Waals surface area (Å²) >= 11 is 10.4. The van der Waals surface area contributed by atoms with Crippen molar-refractivity contribution in [3.05, 3.63) is 135 Å². The summed E-state index contributed by atoms with van der Waals surface area (Å²) in [6, 6.07) is 30.9. The lowest BCUT2D eigenvalue weighted by Crippen LogP contribution is -2.49. The number of allylic oxidation sites excluding steroid dienone is 2. The van der Waals surface area contributed by atoms with Crippen LogP contribution in [-0.2, 0) is 0 Å². The molecule has 0 saturated carbocycles. The molecule has 65 heavy (non-hydrogen) atoms. The molecule has 0 bridgehead atoms.